The molecule has 0 aromatic carbocycles. The van der Waals surface area contributed by atoms with Crippen LogP contribution >= 0.6 is 0 Å². The average Bonchev–Trinajstić information content (AvgIpc) is 2.27. The first-order chi connectivity index (χ1) is 7.63. The third-order valence-electron chi connectivity index (χ3n) is 3.78. The van der Waals surface area contributed by atoms with Gasteiger partial charge in [0.15, 0.2) is 0 Å². The van der Waals surface area contributed by atoms with E-state index in [9.17, 15) is 0 Å². The van der Waals surface area contributed by atoms with Gasteiger partial charge in [0.05, 0.1) is 0 Å². The third-order valence-corrected chi connectivity index (χ3v) is 3.78. The molecule has 96 valence electrons. The number of nitrogens with one attached hydrogen (secondary N) is 1. The Morgan fingerprint density at radius 3 is 2.56 bits per heavy atom. The van der Waals surface area contributed by atoms with Crippen LogP contribution in [-0.2, 0) is 0 Å². The maximum atomic E-state index is 3.48. The standard InChI is InChI=1S/C13H29N3/c1-5-14-12(2)6-11-16(4)13-7-9-15(3)10-8-13/h12-14H,5-11H2,1-4H3. The molecule has 1 aliphatic heterocycles. The molecule has 0 aliphatic carbocycles. The number of nitrogens with zero attached hydrogens (tertiary/aromatic N) is 2. The molecule has 1 unspecified atom stereocenters. The van der Waals surface area contributed by atoms with E-state index in [2.05, 4.69) is 43.1 Å². The minimum Gasteiger partial charge on any atom is -0.314 e. The van der Waals surface area contributed by atoms with Crippen molar-refractivity contribution >= 4 is 0 Å². The van der Waals surface area contributed by atoms with Gasteiger partial charge in [0.1, 0.15) is 0 Å². The summed E-state index contributed by atoms with van der Waals surface area (Å²) in [5, 5.41) is 3.48. The zero-order valence-electron chi connectivity index (χ0n) is 11.5. The molecule has 0 bridgehead atoms. The van der Waals surface area contributed by atoms with Gasteiger partial charge in [0.25, 0.3) is 0 Å². The minimum atomic E-state index is 0.652. The van der Waals surface area contributed by atoms with Gasteiger partial charge >= 0.3 is 0 Å². The van der Waals surface area contributed by atoms with Crippen LogP contribution in [-0.4, -0.2) is 62.2 Å². The molecule has 1 saturated heterocycles. The fourth-order valence-corrected chi connectivity index (χ4v) is 2.47. The second kappa shape index (κ2) is 7.25. The molecule has 1 heterocycles. The van der Waals surface area contributed by atoms with E-state index >= 15 is 0 Å². The van der Waals surface area contributed by atoms with Crippen LogP contribution in [0.3, 0.4) is 0 Å². The Hall–Kier alpha value is -0.120. The van der Waals surface area contributed by atoms with Gasteiger partial charge in [-0.05, 0) is 66.5 Å². The van der Waals surface area contributed by atoms with Crippen LogP contribution in [0.2, 0.25) is 0 Å². The fraction of sp³-hybridized carbons (Fsp3) is 1.00. The number of rotatable bonds is 6. The van der Waals surface area contributed by atoms with Crippen LogP contribution in [0.1, 0.15) is 33.1 Å². The molecular weight excluding hydrogens is 198 g/mol. The van der Waals surface area contributed by atoms with E-state index in [-0.39, 0.29) is 0 Å². The van der Waals surface area contributed by atoms with Crippen LogP contribution in [0.5, 0.6) is 0 Å². The van der Waals surface area contributed by atoms with Gasteiger partial charge in [0.2, 0.25) is 0 Å². The third kappa shape index (κ3) is 4.81. The summed E-state index contributed by atoms with van der Waals surface area (Å²) < 4.78 is 0. The van der Waals surface area contributed by atoms with Crippen molar-refractivity contribution in [2.75, 3.05) is 40.3 Å². The average molecular weight is 227 g/mol. The topological polar surface area (TPSA) is 18.5 Å². The van der Waals surface area contributed by atoms with E-state index < -0.39 is 0 Å². The summed E-state index contributed by atoms with van der Waals surface area (Å²) in [7, 11) is 4.51. The highest BCUT2D eigenvalue weighted by Gasteiger charge is 2.20. The Kier molecular flexibility index (Phi) is 6.32. The highest BCUT2D eigenvalue weighted by molar-refractivity contribution is 4.77. The van der Waals surface area contributed by atoms with Gasteiger partial charge in [-0.3, -0.25) is 0 Å². The van der Waals surface area contributed by atoms with Crippen LogP contribution < -0.4 is 5.32 Å². The molecule has 16 heavy (non-hydrogen) atoms. The van der Waals surface area contributed by atoms with Gasteiger partial charge in [-0.15, -0.1) is 0 Å². The van der Waals surface area contributed by atoms with Crippen molar-refractivity contribution in [2.24, 2.45) is 0 Å². The van der Waals surface area contributed by atoms with Gasteiger partial charge in [0, 0.05) is 12.1 Å². The Morgan fingerprint density at radius 1 is 1.38 bits per heavy atom. The molecule has 0 aromatic rings. The Labute approximate surface area is 101 Å². The smallest absolute Gasteiger partial charge is 0.0117 e. The normalized spacial score (nSPS) is 21.6. The van der Waals surface area contributed by atoms with Crippen molar-refractivity contribution in [3.05, 3.63) is 0 Å². The monoisotopic (exact) mass is 227 g/mol. The fourth-order valence-electron chi connectivity index (χ4n) is 2.47. The van der Waals surface area contributed by atoms with Crippen molar-refractivity contribution < 1.29 is 0 Å². The predicted molar refractivity (Wildman–Crippen MR) is 70.9 cm³/mol. The lowest BCUT2D eigenvalue weighted by molar-refractivity contribution is 0.141. The molecule has 1 rings (SSSR count). The van der Waals surface area contributed by atoms with Crippen molar-refractivity contribution in [1.82, 2.24) is 15.1 Å². The zero-order valence-corrected chi connectivity index (χ0v) is 11.5. The number of hydrogen-bond donors (Lipinski definition) is 1. The van der Waals surface area contributed by atoms with Gasteiger partial charge in [-0.2, -0.15) is 0 Å². The van der Waals surface area contributed by atoms with Gasteiger partial charge < -0.3 is 15.1 Å². The van der Waals surface area contributed by atoms with Crippen LogP contribution in [0.25, 0.3) is 0 Å². The van der Waals surface area contributed by atoms with Crippen molar-refractivity contribution in [3.63, 3.8) is 0 Å². The number of hydrogen-bond acceptors (Lipinski definition) is 3. The molecule has 3 nitrogen and oxygen atoms in total. The van der Waals surface area contributed by atoms with Gasteiger partial charge in [-0.25, -0.2) is 0 Å². The summed E-state index contributed by atoms with van der Waals surface area (Å²) in [6.45, 7) is 9.29. The van der Waals surface area contributed by atoms with E-state index in [0.717, 1.165) is 12.6 Å². The summed E-state index contributed by atoms with van der Waals surface area (Å²) in [4.78, 5) is 4.99. The lowest BCUT2D eigenvalue weighted by Gasteiger charge is -2.35. The van der Waals surface area contributed by atoms with Crippen LogP contribution in [0, 0.1) is 0 Å². The van der Waals surface area contributed by atoms with E-state index in [1.807, 2.05) is 0 Å². The van der Waals surface area contributed by atoms with E-state index in [1.54, 1.807) is 0 Å². The summed E-state index contributed by atoms with van der Waals surface area (Å²) in [6, 6.07) is 1.46. The molecule has 1 fully saturated rings. The first-order valence-electron chi connectivity index (χ1n) is 6.75. The molecule has 0 amide bonds. The first-order valence-corrected chi connectivity index (χ1v) is 6.75. The van der Waals surface area contributed by atoms with Crippen LogP contribution in [0.4, 0.5) is 0 Å². The molecule has 1 atom stereocenters. The second-order valence-electron chi connectivity index (χ2n) is 5.26. The van der Waals surface area contributed by atoms with Crippen molar-refractivity contribution in [2.45, 2.75) is 45.2 Å². The van der Waals surface area contributed by atoms with Crippen molar-refractivity contribution in [1.29, 1.82) is 0 Å². The zero-order chi connectivity index (χ0) is 12.0. The second-order valence-corrected chi connectivity index (χ2v) is 5.26. The molecule has 0 saturated carbocycles. The molecule has 1 aliphatic rings. The van der Waals surface area contributed by atoms with Gasteiger partial charge in [-0.1, -0.05) is 6.92 Å². The molecule has 0 aromatic heterocycles. The lowest BCUT2D eigenvalue weighted by Crippen LogP contribution is -2.43. The molecule has 3 heteroatoms. The highest BCUT2D eigenvalue weighted by atomic mass is 15.2. The molecule has 1 N–H and O–H groups in total. The molecule has 0 spiro atoms. The predicted octanol–water partition coefficient (Wildman–Crippen LogP) is 1.40. The molecular formula is C13H29N3. The highest BCUT2D eigenvalue weighted by Crippen LogP contribution is 2.14. The molecule has 0 radical (unpaired) electrons. The Morgan fingerprint density at radius 2 is 2.00 bits per heavy atom. The Balaban J connectivity index is 2.16. The maximum Gasteiger partial charge on any atom is 0.0117 e. The van der Waals surface area contributed by atoms with E-state index in [0.29, 0.717) is 6.04 Å². The number of likely N-dealkylation sites (tertiary alicyclic amines) is 1. The van der Waals surface area contributed by atoms with Crippen LogP contribution in [0.15, 0.2) is 0 Å². The summed E-state index contributed by atoms with van der Waals surface area (Å²) in [6.07, 6.45) is 3.93. The Bertz CT molecular complexity index is 176. The van der Waals surface area contributed by atoms with E-state index in [1.165, 1.54) is 38.9 Å². The summed E-state index contributed by atoms with van der Waals surface area (Å²) >= 11 is 0. The summed E-state index contributed by atoms with van der Waals surface area (Å²) in [5.41, 5.74) is 0. The summed E-state index contributed by atoms with van der Waals surface area (Å²) in [5.74, 6) is 0. The largest absolute Gasteiger partial charge is 0.314 e. The minimum absolute atomic E-state index is 0.652. The first kappa shape index (κ1) is 13.9. The van der Waals surface area contributed by atoms with E-state index in [4.69, 9.17) is 0 Å². The van der Waals surface area contributed by atoms with Crippen molar-refractivity contribution in [3.8, 4) is 0 Å². The number of piperidine rings is 1. The lowest BCUT2D eigenvalue weighted by atomic mass is 10.0. The quantitative estimate of drug-likeness (QED) is 0.740. The SMILES string of the molecule is CCNC(C)CCN(C)C1CCN(C)CC1. The maximum absolute atomic E-state index is 3.48.